The molecule has 2 heterocycles. The van der Waals surface area contributed by atoms with E-state index in [1.165, 1.54) is 5.56 Å². The molecule has 0 aliphatic heterocycles. The number of hydrogen-bond donors (Lipinski definition) is 1. The van der Waals surface area contributed by atoms with Gasteiger partial charge >= 0.3 is 0 Å². The Morgan fingerprint density at radius 3 is 2.54 bits per heavy atom. The van der Waals surface area contributed by atoms with Crippen LogP contribution in [0.15, 0.2) is 42.6 Å². The topological polar surface area (TPSA) is 46.4 Å². The van der Waals surface area contributed by atoms with Crippen molar-refractivity contribution >= 4 is 17.2 Å². The number of anilines is 1. The normalized spacial score (nSPS) is 11.2. The van der Waals surface area contributed by atoms with Crippen LogP contribution in [0.25, 0.3) is 5.65 Å². The number of imidazole rings is 1. The summed E-state index contributed by atoms with van der Waals surface area (Å²) in [5.41, 5.74) is 5.40. The van der Waals surface area contributed by atoms with Gasteiger partial charge in [-0.1, -0.05) is 39.0 Å². The predicted octanol–water partition coefficient (Wildman–Crippen LogP) is 4.58. The van der Waals surface area contributed by atoms with Gasteiger partial charge in [0, 0.05) is 11.9 Å². The van der Waals surface area contributed by atoms with Gasteiger partial charge in [0.05, 0.1) is 5.69 Å². The first kappa shape index (κ1) is 16.2. The standard InChI is InChI=1S/C20H23N3O/c1-5-17-18(23-12-6-7-14(4)19(23)22-17)20(24)21-16-10-8-15(9-11-16)13(2)3/h6-13H,5H2,1-4H3,(H,21,24). The summed E-state index contributed by atoms with van der Waals surface area (Å²) < 4.78 is 1.88. The van der Waals surface area contributed by atoms with Crippen molar-refractivity contribution in [2.45, 2.75) is 40.0 Å². The van der Waals surface area contributed by atoms with Crippen molar-refractivity contribution in [1.82, 2.24) is 9.38 Å². The van der Waals surface area contributed by atoms with Gasteiger partial charge < -0.3 is 5.32 Å². The first-order chi connectivity index (χ1) is 11.5. The highest BCUT2D eigenvalue weighted by molar-refractivity contribution is 6.04. The first-order valence-corrected chi connectivity index (χ1v) is 8.39. The molecule has 124 valence electrons. The van der Waals surface area contributed by atoms with Gasteiger partial charge in [0.15, 0.2) is 0 Å². The number of nitrogens with zero attached hydrogens (tertiary/aromatic N) is 2. The minimum absolute atomic E-state index is 0.123. The SMILES string of the molecule is CCc1nc2c(C)cccn2c1C(=O)Nc1ccc(C(C)C)cc1. The van der Waals surface area contributed by atoms with E-state index in [2.05, 4.69) is 36.3 Å². The van der Waals surface area contributed by atoms with E-state index in [0.29, 0.717) is 11.6 Å². The zero-order valence-corrected chi connectivity index (χ0v) is 14.6. The Kier molecular flexibility index (Phi) is 4.38. The highest BCUT2D eigenvalue weighted by Gasteiger charge is 2.19. The summed E-state index contributed by atoms with van der Waals surface area (Å²) in [7, 11) is 0. The number of aromatic nitrogens is 2. The lowest BCUT2D eigenvalue weighted by atomic mass is 10.0. The molecule has 2 aromatic heterocycles. The van der Waals surface area contributed by atoms with Crippen molar-refractivity contribution < 1.29 is 4.79 Å². The molecule has 4 heteroatoms. The lowest BCUT2D eigenvalue weighted by Gasteiger charge is -2.09. The predicted molar refractivity (Wildman–Crippen MR) is 97.8 cm³/mol. The number of pyridine rings is 1. The van der Waals surface area contributed by atoms with Crippen LogP contribution in [0.5, 0.6) is 0 Å². The molecule has 0 aliphatic rings. The van der Waals surface area contributed by atoms with Crippen LogP contribution in [0.2, 0.25) is 0 Å². The zero-order valence-electron chi connectivity index (χ0n) is 14.6. The zero-order chi connectivity index (χ0) is 17.3. The van der Waals surface area contributed by atoms with Crippen molar-refractivity contribution in [1.29, 1.82) is 0 Å². The Hall–Kier alpha value is -2.62. The molecule has 1 aromatic carbocycles. The number of fused-ring (bicyclic) bond motifs is 1. The first-order valence-electron chi connectivity index (χ1n) is 8.39. The third-order valence-corrected chi connectivity index (χ3v) is 4.30. The molecule has 0 spiro atoms. The maximum Gasteiger partial charge on any atom is 0.274 e. The van der Waals surface area contributed by atoms with Gasteiger partial charge in [0.1, 0.15) is 11.3 Å². The third-order valence-electron chi connectivity index (χ3n) is 4.30. The van der Waals surface area contributed by atoms with E-state index in [1.807, 2.05) is 48.7 Å². The number of benzene rings is 1. The summed E-state index contributed by atoms with van der Waals surface area (Å²) in [6.45, 7) is 8.34. The van der Waals surface area contributed by atoms with Crippen LogP contribution in [0.3, 0.4) is 0 Å². The number of aryl methyl sites for hydroxylation is 2. The molecule has 24 heavy (non-hydrogen) atoms. The molecule has 3 rings (SSSR count). The highest BCUT2D eigenvalue weighted by atomic mass is 16.2. The van der Waals surface area contributed by atoms with Gasteiger partial charge in [-0.05, 0) is 48.6 Å². The fourth-order valence-electron chi connectivity index (χ4n) is 2.88. The van der Waals surface area contributed by atoms with Gasteiger partial charge in [-0.3, -0.25) is 9.20 Å². The largest absolute Gasteiger partial charge is 0.321 e. The molecule has 0 fully saturated rings. The number of rotatable bonds is 4. The lowest BCUT2D eigenvalue weighted by molar-refractivity contribution is 0.102. The number of carbonyl (C=O) groups is 1. The summed E-state index contributed by atoms with van der Waals surface area (Å²) in [5, 5.41) is 3.00. The van der Waals surface area contributed by atoms with Crippen LogP contribution in [0.1, 0.15) is 54.0 Å². The summed E-state index contributed by atoms with van der Waals surface area (Å²) in [5.74, 6) is 0.352. The second-order valence-corrected chi connectivity index (χ2v) is 6.38. The van der Waals surface area contributed by atoms with Gasteiger partial charge in [-0.25, -0.2) is 4.98 Å². The van der Waals surface area contributed by atoms with Crippen LogP contribution in [-0.4, -0.2) is 15.3 Å². The van der Waals surface area contributed by atoms with E-state index in [0.717, 1.165) is 29.0 Å². The summed E-state index contributed by atoms with van der Waals surface area (Å²) in [4.78, 5) is 17.5. The van der Waals surface area contributed by atoms with E-state index in [9.17, 15) is 4.79 Å². The molecule has 0 unspecified atom stereocenters. The van der Waals surface area contributed by atoms with Crippen molar-refractivity contribution in [2.75, 3.05) is 5.32 Å². The Morgan fingerprint density at radius 1 is 1.21 bits per heavy atom. The van der Waals surface area contributed by atoms with Crippen LogP contribution in [-0.2, 0) is 6.42 Å². The van der Waals surface area contributed by atoms with Crippen LogP contribution >= 0.6 is 0 Å². The minimum Gasteiger partial charge on any atom is -0.321 e. The Labute approximate surface area is 142 Å². The maximum atomic E-state index is 12.8. The van der Waals surface area contributed by atoms with Crippen molar-refractivity contribution in [3.8, 4) is 0 Å². The smallest absolute Gasteiger partial charge is 0.274 e. The molecule has 0 saturated carbocycles. The van der Waals surface area contributed by atoms with Crippen LogP contribution in [0, 0.1) is 6.92 Å². The van der Waals surface area contributed by atoms with Gasteiger partial charge in [0.2, 0.25) is 0 Å². The third kappa shape index (κ3) is 2.92. The summed E-state index contributed by atoms with van der Waals surface area (Å²) in [6, 6.07) is 12.0. The average Bonchev–Trinajstić information content (AvgIpc) is 2.95. The van der Waals surface area contributed by atoms with E-state index in [-0.39, 0.29) is 5.91 Å². The lowest BCUT2D eigenvalue weighted by Crippen LogP contribution is -2.16. The molecule has 0 bridgehead atoms. The van der Waals surface area contributed by atoms with E-state index < -0.39 is 0 Å². The van der Waals surface area contributed by atoms with Crippen LogP contribution < -0.4 is 5.32 Å². The van der Waals surface area contributed by atoms with Crippen molar-refractivity contribution in [2.24, 2.45) is 0 Å². The second-order valence-electron chi connectivity index (χ2n) is 6.38. The van der Waals surface area contributed by atoms with Crippen molar-refractivity contribution in [3.63, 3.8) is 0 Å². The molecule has 1 N–H and O–H groups in total. The molecule has 3 aromatic rings. The van der Waals surface area contributed by atoms with E-state index in [1.54, 1.807) is 0 Å². The number of nitrogens with one attached hydrogen (secondary N) is 1. The highest BCUT2D eigenvalue weighted by Crippen LogP contribution is 2.20. The number of amides is 1. The van der Waals surface area contributed by atoms with Gasteiger partial charge in [0.25, 0.3) is 5.91 Å². The monoisotopic (exact) mass is 321 g/mol. The minimum atomic E-state index is -0.123. The summed E-state index contributed by atoms with van der Waals surface area (Å²) in [6.07, 6.45) is 2.61. The fourth-order valence-corrected chi connectivity index (χ4v) is 2.88. The maximum absolute atomic E-state index is 12.8. The Bertz CT molecular complexity index is 876. The van der Waals surface area contributed by atoms with E-state index >= 15 is 0 Å². The molecule has 0 aliphatic carbocycles. The Balaban J connectivity index is 1.95. The average molecular weight is 321 g/mol. The quantitative estimate of drug-likeness (QED) is 0.764. The second kappa shape index (κ2) is 6.48. The molecule has 0 saturated heterocycles. The van der Waals surface area contributed by atoms with Crippen molar-refractivity contribution in [3.05, 3.63) is 65.1 Å². The molecular weight excluding hydrogens is 298 g/mol. The van der Waals surface area contributed by atoms with Gasteiger partial charge in [-0.15, -0.1) is 0 Å². The molecular formula is C20H23N3O. The van der Waals surface area contributed by atoms with E-state index in [4.69, 9.17) is 0 Å². The molecule has 0 radical (unpaired) electrons. The fraction of sp³-hybridized carbons (Fsp3) is 0.300. The number of hydrogen-bond acceptors (Lipinski definition) is 2. The molecule has 0 atom stereocenters. The Morgan fingerprint density at radius 2 is 1.92 bits per heavy atom. The van der Waals surface area contributed by atoms with Crippen LogP contribution in [0.4, 0.5) is 5.69 Å². The molecule has 1 amide bonds. The molecule has 4 nitrogen and oxygen atoms in total. The summed E-state index contributed by atoms with van der Waals surface area (Å²) >= 11 is 0. The number of carbonyl (C=O) groups excluding carboxylic acids is 1. The van der Waals surface area contributed by atoms with Gasteiger partial charge in [-0.2, -0.15) is 0 Å².